The lowest BCUT2D eigenvalue weighted by Gasteiger charge is -2.16. The molecule has 28 heavy (non-hydrogen) atoms. The van der Waals surface area contributed by atoms with Crippen molar-refractivity contribution in [2.45, 2.75) is 24.7 Å². The van der Waals surface area contributed by atoms with Crippen LogP contribution in [0.5, 0.6) is 5.75 Å². The first-order valence-corrected chi connectivity index (χ1v) is 10.4. The van der Waals surface area contributed by atoms with E-state index in [4.69, 9.17) is 4.42 Å². The second-order valence-electron chi connectivity index (χ2n) is 6.80. The molecule has 0 aliphatic carbocycles. The second kappa shape index (κ2) is 6.96. The van der Waals surface area contributed by atoms with E-state index in [1.54, 1.807) is 13.0 Å². The van der Waals surface area contributed by atoms with Gasteiger partial charge in [0.15, 0.2) is 5.76 Å². The van der Waals surface area contributed by atoms with Crippen LogP contribution < -0.4 is 5.32 Å². The van der Waals surface area contributed by atoms with Crippen LogP contribution in [0.3, 0.4) is 0 Å². The number of benzene rings is 2. The molecule has 7 nitrogen and oxygen atoms in total. The van der Waals surface area contributed by atoms with Crippen molar-refractivity contribution in [3.05, 3.63) is 53.8 Å². The normalized spacial score (nSPS) is 15.2. The molecule has 0 unspecified atom stereocenters. The average molecular weight is 400 g/mol. The van der Waals surface area contributed by atoms with E-state index in [9.17, 15) is 18.3 Å². The van der Waals surface area contributed by atoms with Crippen LogP contribution in [0.4, 0.5) is 5.69 Å². The molecule has 1 amide bonds. The summed E-state index contributed by atoms with van der Waals surface area (Å²) < 4.78 is 32.5. The Balaban J connectivity index is 1.65. The van der Waals surface area contributed by atoms with Crippen LogP contribution >= 0.6 is 0 Å². The summed E-state index contributed by atoms with van der Waals surface area (Å²) in [6.07, 6.45) is 1.65. The molecular formula is C20H20N2O5S. The standard InChI is InChI=1S/C20H20N2O5S/c1-13-15-6-2-3-7-18(15)27-19(13)20(24)21-16-12-14(8-9-17(16)23)28(25,26)22-10-4-5-11-22/h2-3,6-9,12,23H,4-5,10-11H2,1H3,(H,21,24). The second-order valence-corrected chi connectivity index (χ2v) is 8.73. The molecule has 146 valence electrons. The van der Waals surface area contributed by atoms with Gasteiger partial charge in [0.25, 0.3) is 5.91 Å². The Morgan fingerprint density at radius 1 is 1.14 bits per heavy atom. The molecular weight excluding hydrogens is 380 g/mol. The minimum Gasteiger partial charge on any atom is -0.506 e. The number of carbonyl (C=O) groups is 1. The first-order valence-electron chi connectivity index (χ1n) is 9.00. The number of nitrogens with zero attached hydrogens (tertiary/aromatic N) is 1. The highest BCUT2D eigenvalue weighted by atomic mass is 32.2. The van der Waals surface area contributed by atoms with Crippen molar-refractivity contribution < 1.29 is 22.7 Å². The largest absolute Gasteiger partial charge is 0.506 e. The number of hydrogen-bond acceptors (Lipinski definition) is 5. The highest BCUT2D eigenvalue weighted by Crippen LogP contribution is 2.31. The van der Waals surface area contributed by atoms with E-state index in [2.05, 4.69) is 5.32 Å². The number of phenolic OH excluding ortho intramolecular Hbond substituents is 1. The molecule has 0 radical (unpaired) electrons. The minimum atomic E-state index is -3.66. The molecule has 3 aromatic rings. The van der Waals surface area contributed by atoms with Crippen molar-refractivity contribution in [2.75, 3.05) is 18.4 Å². The fourth-order valence-electron chi connectivity index (χ4n) is 3.42. The summed E-state index contributed by atoms with van der Waals surface area (Å²) in [5.41, 5.74) is 1.28. The van der Waals surface area contributed by atoms with E-state index < -0.39 is 15.9 Å². The Morgan fingerprint density at radius 3 is 2.57 bits per heavy atom. The number of aromatic hydroxyl groups is 1. The number of aryl methyl sites for hydroxylation is 1. The summed E-state index contributed by atoms with van der Waals surface area (Å²) in [6, 6.07) is 11.2. The number of rotatable bonds is 4. The third-order valence-corrected chi connectivity index (χ3v) is 6.86. The fourth-order valence-corrected chi connectivity index (χ4v) is 4.97. The summed E-state index contributed by atoms with van der Waals surface area (Å²) in [6.45, 7) is 2.72. The fraction of sp³-hybridized carbons (Fsp3) is 0.250. The monoisotopic (exact) mass is 400 g/mol. The zero-order valence-electron chi connectivity index (χ0n) is 15.3. The number of furan rings is 1. The summed E-state index contributed by atoms with van der Waals surface area (Å²) in [5, 5.41) is 13.5. The molecule has 1 fully saturated rings. The van der Waals surface area contributed by atoms with Crippen LogP contribution in [0.1, 0.15) is 29.0 Å². The van der Waals surface area contributed by atoms with Crippen molar-refractivity contribution in [1.29, 1.82) is 0 Å². The number of fused-ring (bicyclic) bond motifs is 1. The van der Waals surface area contributed by atoms with Gasteiger partial charge in [0.1, 0.15) is 11.3 Å². The molecule has 0 atom stereocenters. The number of carbonyl (C=O) groups excluding carboxylic acids is 1. The van der Waals surface area contributed by atoms with Crippen LogP contribution in [0.15, 0.2) is 51.8 Å². The number of phenols is 1. The highest BCUT2D eigenvalue weighted by Gasteiger charge is 2.28. The summed E-state index contributed by atoms with van der Waals surface area (Å²) in [7, 11) is -3.66. The van der Waals surface area contributed by atoms with Gasteiger partial charge in [-0.05, 0) is 44.0 Å². The van der Waals surface area contributed by atoms with Gasteiger partial charge in [-0.25, -0.2) is 8.42 Å². The van der Waals surface area contributed by atoms with Gasteiger partial charge in [0, 0.05) is 24.0 Å². The van der Waals surface area contributed by atoms with Crippen LogP contribution in [0.2, 0.25) is 0 Å². The average Bonchev–Trinajstić information content (AvgIpc) is 3.33. The Bertz CT molecular complexity index is 1160. The minimum absolute atomic E-state index is 0.0186. The molecule has 0 bridgehead atoms. The Labute approximate surface area is 162 Å². The maximum Gasteiger partial charge on any atom is 0.291 e. The predicted octanol–water partition coefficient (Wildman–Crippen LogP) is 3.48. The topological polar surface area (TPSA) is 99.9 Å². The molecule has 1 saturated heterocycles. The van der Waals surface area contributed by atoms with E-state index in [0.29, 0.717) is 24.2 Å². The maximum absolute atomic E-state index is 12.7. The summed E-state index contributed by atoms with van der Waals surface area (Å²) in [5.74, 6) is -0.657. The summed E-state index contributed by atoms with van der Waals surface area (Å²) in [4.78, 5) is 12.7. The van der Waals surface area contributed by atoms with Crippen LogP contribution in [-0.2, 0) is 10.0 Å². The number of amides is 1. The third-order valence-electron chi connectivity index (χ3n) is 4.97. The first-order chi connectivity index (χ1) is 13.4. The van der Waals surface area contributed by atoms with Crippen molar-refractivity contribution in [3.8, 4) is 5.75 Å². The third kappa shape index (κ3) is 3.14. The Hall–Kier alpha value is -2.84. The van der Waals surface area contributed by atoms with Gasteiger partial charge in [-0.2, -0.15) is 4.31 Å². The SMILES string of the molecule is Cc1c(C(=O)Nc2cc(S(=O)(=O)N3CCCC3)ccc2O)oc2ccccc12. The van der Waals surface area contributed by atoms with Gasteiger partial charge in [-0.1, -0.05) is 18.2 Å². The lowest BCUT2D eigenvalue weighted by atomic mass is 10.1. The van der Waals surface area contributed by atoms with Gasteiger partial charge in [0.2, 0.25) is 10.0 Å². The van der Waals surface area contributed by atoms with Gasteiger partial charge < -0.3 is 14.8 Å². The zero-order chi connectivity index (χ0) is 19.9. The number of sulfonamides is 1. The molecule has 0 spiro atoms. The van der Waals surface area contributed by atoms with Crippen molar-refractivity contribution in [1.82, 2.24) is 4.31 Å². The molecule has 1 aromatic heterocycles. The molecule has 1 aliphatic rings. The van der Waals surface area contributed by atoms with Crippen molar-refractivity contribution >= 4 is 32.6 Å². The lowest BCUT2D eigenvalue weighted by Crippen LogP contribution is -2.28. The lowest BCUT2D eigenvalue weighted by molar-refractivity contribution is 0.0997. The first kappa shape index (κ1) is 18.5. The highest BCUT2D eigenvalue weighted by molar-refractivity contribution is 7.89. The van der Waals surface area contributed by atoms with E-state index in [0.717, 1.165) is 18.2 Å². The van der Waals surface area contributed by atoms with Crippen LogP contribution in [-0.4, -0.2) is 36.8 Å². The smallest absolute Gasteiger partial charge is 0.291 e. The van der Waals surface area contributed by atoms with Crippen LogP contribution in [0, 0.1) is 6.92 Å². The quantitative estimate of drug-likeness (QED) is 0.653. The number of nitrogens with one attached hydrogen (secondary N) is 1. The molecule has 4 rings (SSSR count). The van der Waals surface area contributed by atoms with Crippen LogP contribution in [0.25, 0.3) is 11.0 Å². The number of para-hydroxylation sites is 1. The molecule has 2 heterocycles. The van der Waals surface area contributed by atoms with Gasteiger partial charge in [-0.3, -0.25) is 4.79 Å². The molecule has 2 aromatic carbocycles. The van der Waals surface area contributed by atoms with E-state index in [1.165, 1.54) is 22.5 Å². The Morgan fingerprint density at radius 2 is 1.86 bits per heavy atom. The molecule has 1 aliphatic heterocycles. The predicted molar refractivity (Wildman–Crippen MR) is 105 cm³/mol. The maximum atomic E-state index is 12.7. The molecule has 8 heteroatoms. The van der Waals surface area contributed by atoms with E-state index >= 15 is 0 Å². The molecule has 2 N–H and O–H groups in total. The number of anilines is 1. The van der Waals surface area contributed by atoms with E-state index in [1.807, 2.05) is 18.2 Å². The summed E-state index contributed by atoms with van der Waals surface area (Å²) >= 11 is 0. The Kier molecular flexibility index (Phi) is 4.60. The van der Waals surface area contributed by atoms with Gasteiger partial charge in [0.05, 0.1) is 10.6 Å². The van der Waals surface area contributed by atoms with Gasteiger partial charge in [-0.15, -0.1) is 0 Å². The van der Waals surface area contributed by atoms with Crippen molar-refractivity contribution in [2.24, 2.45) is 0 Å². The van der Waals surface area contributed by atoms with E-state index in [-0.39, 0.29) is 22.1 Å². The zero-order valence-corrected chi connectivity index (χ0v) is 16.1. The van der Waals surface area contributed by atoms with Gasteiger partial charge >= 0.3 is 0 Å². The van der Waals surface area contributed by atoms with Crippen molar-refractivity contribution in [3.63, 3.8) is 0 Å². The molecule has 0 saturated carbocycles. The number of hydrogen-bond donors (Lipinski definition) is 2.